The third kappa shape index (κ3) is 5.53. The number of halogens is 3. The molecule has 7 rings (SSSR count). The Morgan fingerprint density at radius 2 is 2.18 bits per heavy atom. The number of nitrogens with zero attached hydrogens (tertiary/aromatic N) is 7. The predicted molar refractivity (Wildman–Crippen MR) is 187 cm³/mol. The average Bonchev–Trinajstić information content (AvgIpc) is 3.85. The molecule has 3 fully saturated rings. The monoisotopic (exact) mass is 708 g/mol. The number of hydrogen-bond acceptors (Lipinski definition) is 10. The highest BCUT2D eigenvalue weighted by atomic mass is 35.5. The highest BCUT2D eigenvalue weighted by Gasteiger charge is 2.49. The van der Waals surface area contributed by atoms with E-state index in [-0.39, 0.29) is 56.7 Å². The van der Waals surface area contributed by atoms with Gasteiger partial charge in [0.15, 0.2) is 0 Å². The van der Waals surface area contributed by atoms with Gasteiger partial charge < -0.3 is 25.0 Å². The molecule has 1 unspecified atom stereocenters. The van der Waals surface area contributed by atoms with Crippen LogP contribution in [0.5, 0.6) is 6.01 Å². The second-order valence-electron chi connectivity index (χ2n) is 12.8. The Hall–Kier alpha value is -4.16. The van der Waals surface area contributed by atoms with Gasteiger partial charge >= 0.3 is 6.01 Å². The largest absolute Gasteiger partial charge is 0.461 e. The molecule has 4 atom stereocenters. The summed E-state index contributed by atoms with van der Waals surface area (Å²) < 4.78 is 41.6. The molecule has 0 saturated carbocycles. The Kier molecular flexibility index (Phi) is 8.81. The van der Waals surface area contributed by atoms with Crippen molar-refractivity contribution in [3.63, 3.8) is 0 Å². The van der Waals surface area contributed by atoms with Crippen molar-refractivity contribution in [3.8, 4) is 17.3 Å². The molecule has 256 valence electrons. The van der Waals surface area contributed by atoms with E-state index in [2.05, 4.69) is 16.3 Å². The number of nitrogen functional groups attached to an aromatic ring is 1. The number of alkyl halides is 1. The van der Waals surface area contributed by atoms with Gasteiger partial charge in [-0.1, -0.05) is 24.2 Å². The van der Waals surface area contributed by atoms with E-state index in [1.54, 1.807) is 18.2 Å². The lowest BCUT2D eigenvalue weighted by Gasteiger charge is -2.34. The summed E-state index contributed by atoms with van der Waals surface area (Å²) in [4.78, 5) is 36.6. The maximum absolute atomic E-state index is 14.9. The normalized spacial score (nSPS) is 23.7. The van der Waals surface area contributed by atoms with Gasteiger partial charge in [0.25, 0.3) is 0 Å². The molecule has 6 heterocycles. The third-order valence-electron chi connectivity index (χ3n) is 10.2. The summed E-state index contributed by atoms with van der Waals surface area (Å²) in [5.74, 6) is -0.218. The number of likely N-dealkylation sites (tertiary alicyclic amines) is 1. The second-order valence-corrected chi connectivity index (χ2v) is 14.3. The maximum atomic E-state index is 14.9. The van der Waals surface area contributed by atoms with Gasteiger partial charge in [-0.2, -0.15) is 9.97 Å². The number of fused-ring (bicyclic) bond motifs is 3. The van der Waals surface area contributed by atoms with Gasteiger partial charge in [-0.15, -0.1) is 11.3 Å². The molecule has 4 aromatic rings. The van der Waals surface area contributed by atoms with Crippen molar-refractivity contribution in [2.75, 3.05) is 57.6 Å². The average molecular weight is 709 g/mol. The van der Waals surface area contributed by atoms with Crippen molar-refractivity contribution < 1.29 is 23.0 Å². The SMILES string of the molecule is [C-]#[N+]c1c(N)sc2c(F)ccc(-c3ncc4c(N(C)C5CCN(C(=O)C=C)[C@@H]5COC)nc(OC[C@@]56CCCN5C[C@H](F)C6)nc4c3Cl)c12. The summed E-state index contributed by atoms with van der Waals surface area (Å²) in [5.41, 5.74) is 6.87. The molecule has 3 saturated heterocycles. The second kappa shape index (κ2) is 12.9. The fourth-order valence-electron chi connectivity index (χ4n) is 7.88. The quantitative estimate of drug-likeness (QED) is 0.165. The Balaban J connectivity index is 1.36. The van der Waals surface area contributed by atoms with Crippen LogP contribution < -0.4 is 15.4 Å². The number of methoxy groups -OCH3 is 1. The minimum atomic E-state index is -0.925. The first-order chi connectivity index (χ1) is 23.6. The van der Waals surface area contributed by atoms with Crippen molar-refractivity contribution in [1.29, 1.82) is 0 Å². The van der Waals surface area contributed by atoms with Gasteiger partial charge in [-0.3, -0.25) is 14.7 Å². The molecule has 0 aliphatic carbocycles. The van der Waals surface area contributed by atoms with Crippen molar-refractivity contribution in [3.05, 3.63) is 53.2 Å². The van der Waals surface area contributed by atoms with E-state index >= 15 is 0 Å². The van der Waals surface area contributed by atoms with Gasteiger partial charge in [0.05, 0.1) is 56.6 Å². The van der Waals surface area contributed by atoms with Crippen molar-refractivity contribution in [1.82, 2.24) is 24.8 Å². The number of hydrogen-bond donors (Lipinski definition) is 1. The number of likely N-dealkylation sites (N-methyl/N-ethyl adjacent to an activating group) is 1. The summed E-state index contributed by atoms with van der Waals surface area (Å²) in [6.45, 7) is 13.6. The molecule has 1 amide bonds. The van der Waals surface area contributed by atoms with Gasteiger partial charge in [-0.05, 0) is 37.9 Å². The van der Waals surface area contributed by atoms with Crippen molar-refractivity contribution in [2.45, 2.75) is 49.5 Å². The summed E-state index contributed by atoms with van der Waals surface area (Å²) in [7, 11) is 3.47. The predicted octanol–water partition coefficient (Wildman–Crippen LogP) is 6.03. The van der Waals surface area contributed by atoms with E-state index in [1.807, 2.05) is 11.9 Å². The minimum Gasteiger partial charge on any atom is -0.461 e. The lowest BCUT2D eigenvalue weighted by Crippen LogP contribution is -2.48. The first kappa shape index (κ1) is 33.3. The van der Waals surface area contributed by atoms with Crippen molar-refractivity contribution >= 4 is 66.3 Å². The van der Waals surface area contributed by atoms with Gasteiger partial charge in [0.1, 0.15) is 29.9 Å². The van der Waals surface area contributed by atoms with Crippen LogP contribution in [0, 0.1) is 12.4 Å². The molecule has 0 bridgehead atoms. The number of carbonyl (C=O) groups excluding carboxylic acids is 1. The van der Waals surface area contributed by atoms with Crippen LogP contribution in [0.1, 0.15) is 25.7 Å². The lowest BCUT2D eigenvalue weighted by molar-refractivity contribution is -0.127. The molecule has 1 aromatic carbocycles. The fraction of sp³-hybridized carbons (Fsp3) is 0.441. The Morgan fingerprint density at radius 3 is 2.94 bits per heavy atom. The number of pyridine rings is 1. The molecule has 2 N–H and O–H groups in total. The smallest absolute Gasteiger partial charge is 0.319 e. The van der Waals surface area contributed by atoms with E-state index in [1.165, 1.54) is 18.2 Å². The first-order valence-corrected chi connectivity index (χ1v) is 17.2. The number of benzene rings is 1. The topological polar surface area (TPSA) is 114 Å². The highest BCUT2D eigenvalue weighted by molar-refractivity contribution is 7.23. The van der Waals surface area contributed by atoms with Crippen molar-refractivity contribution in [2.24, 2.45) is 0 Å². The molecule has 3 aliphatic heterocycles. The Labute approximate surface area is 291 Å². The van der Waals surface area contributed by atoms with E-state index in [0.29, 0.717) is 60.2 Å². The van der Waals surface area contributed by atoms with Crippen LogP contribution in [0.15, 0.2) is 31.0 Å². The van der Waals surface area contributed by atoms with Crippen LogP contribution in [0.2, 0.25) is 5.02 Å². The number of rotatable bonds is 9. The molecule has 0 spiro atoms. The molecule has 49 heavy (non-hydrogen) atoms. The molecule has 15 heteroatoms. The molecule has 3 aromatic heterocycles. The number of thiophene rings is 1. The van der Waals surface area contributed by atoms with Crippen LogP contribution in [-0.4, -0.2) is 101 Å². The van der Waals surface area contributed by atoms with Crippen LogP contribution >= 0.6 is 22.9 Å². The number of aromatic nitrogens is 3. The number of nitrogens with two attached hydrogens (primary N) is 1. The van der Waals surface area contributed by atoms with E-state index in [0.717, 1.165) is 30.7 Å². The molecular weight excluding hydrogens is 674 g/mol. The van der Waals surface area contributed by atoms with Crippen LogP contribution in [0.4, 0.5) is 25.3 Å². The maximum Gasteiger partial charge on any atom is 0.319 e. The van der Waals surface area contributed by atoms with Crippen LogP contribution in [0.25, 0.3) is 37.1 Å². The van der Waals surface area contributed by atoms with Gasteiger partial charge in [0, 0.05) is 50.8 Å². The zero-order valence-corrected chi connectivity index (χ0v) is 28.7. The lowest BCUT2D eigenvalue weighted by atomic mass is 9.95. The number of anilines is 2. The summed E-state index contributed by atoms with van der Waals surface area (Å²) in [6, 6.07) is 2.39. The number of amides is 1. The van der Waals surface area contributed by atoms with E-state index in [9.17, 15) is 13.6 Å². The Bertz CT molecular complexity index is 2020. The Morgan fingerprint density at radius 1 is 1.37 bits per heavy atom. The summed E-state index contributed by atoms with van der Waals surface area (Å²) in [6.07, 6.45) is 4.75. The molecule has 0 radical (unpaired) electrons. The summed E-state index contributed by atoms with van der Waals surface area (Å²) >= 11 is 8.15. The number of carbonyl (C=O) groups is 1. The molecule has 11 nitrogen and oxygen atoms in total. The number of ether oxygens (including phenoxy) is 2. The standard InChI is InChI=1S/C34H35ClF2N8O3S/c1-5-24(46)45-12-9-22(23(45)16-47-4)43(3)32-20-14-40-27(19-7-8-21(37)30-25(19)29(39-2)31(38)49-30)26(35)28(20)41-33(42-32)48-17-34-10-6-11-44(34)15-18(36)13-34/h5,7-8,14,18,22-23H,1,6,9-13,15-17,38H2,3-4H3/t18-,22?,23-,34+/m1/s1. The third-order valence-corrected chi connectivity index (χ3v) is 11.5. The highest BCUT2D eigenvalue weighted by Crippen LogP contribution is 2.48. The summed E-state index contributed by atoms with van der Waals surface area (Å²) in [5, 5.41) is 1.20. The molecule has 3 aliphatic rings. The van der Waals surface area contributed by atoms with Gasteiger partial charge in [-0.25, -0.2) is 13.6 Å². The van der Waals surface area contributed by atoms with Crippen LogP contribution in [0.3, 0.4) is 0 Å². The molecular formula is C34H35ClF2N8O3S. The fourth-order valence-corrected chi connectivity index (χ4v) is 9.11. The van der Waals surface area contributed by atoms with E-state index in [4.69, 9.17) is 48.3 Å². The van der Waals surface area contributed by atoms with Crippen LogP contribution in [-0.2, 0) is 9.53 Å². The first-order valence-electron chi connectivity index (χ1n) is 16.0. The zero-order chi connectivity index (χ0) is 34.6. The zero-order valence-electron chi connectivity index (χ0n) is 27.1. The van der Waals surface area contributed by atoms with Gasteiger partial charge in [0.2, 0.25) is 11.6 Å². The van der Waals surface area contributed by atoms with E-state index < -0.39 is 17.5 Å². The minimum absolute atomic E-state index is 0.0584.